The van der Waals surface area contributed by atoms with Crippen LogP contribution < -0.4 is 14.5 Å². The Hall–Kier alpha value is -1.46. The SMILES string of the molecule is CC1=C(N(C)C)c2cc3c(cc2C1[SiH2]NC(C)(C)C)OCO3. The summed E-state index contributed by atoms with van der Waals surface area (Å²) >= 11 is 0. The van der Waals surface area contributed by atoms with Crippen molar-refractivity contribution in [3.05, 3.63) is 28.8 Å². The molecule has 2 aliphatic rings. The highest BCUT2D eigenvalue weighted by Gasteiger charge is 2.33. The van der Waals surface area contributed by atoms with Crippen molar-refractivity contribution >= 4 is 15.4 Å². The van der Waals surface area contributed by atoms with E-state index in [1.807, 2.05) is 0 Å². The van der Waals surface area contributed by atoms with Gasteiger partial charge < -0.3 is 19.4 Å². The van der Waals surface area contributed by atoms with Crippen LogP contribution in [0.5, 0.6) is 11.5 Å². The molecule has 0 bridgehead atoms. The molecule has 1 aromatic carbocycles. The average molecular weight is 318 g/mol. The lowest BCUT2D eigenvalue weighted by atomic mass is 10.1. The molecule has 0 fully saturated rings. The van der Waals surface area contributed by atoms with Crippen LogP contribution in [0.15, 0.2) is 17.7 Å². The molecule has 1 N–H and O–H groups in total. The van der Waals surface area contributed by atoms with Crippen LogP contribution in [0.3, 0.4) is 0 Å². The zero-order valence-corrected chi connectivity index (χ0v) is 15.8. The van der Waals surface area contributed by atoms with Gasteiger partial charge in [0.1, 0.15) is 9.68 Å². The monoisotopic (exact) mass is 318 g/mol. The van der Waals surface area contributed by atoms with E-state index >= 15 is 0 Å². The van der Waals surface area contributed by atoms with E-state index in [4.69, 9.17) is 9.47 Å². The fourth-order valence-corrected chi connectivity index (χ4v) is 5.20. The van der Waals surface area contributed by atoms with Gasteiger partial charge in [-0.15, -0.1) is 0 Å². The quantitative estimate of drug-likeness (QED) is 0.867. The van der Waals surface area contributed by atoms with Crippen LogP contribution in [0, 0.1) is 0 Å². The molecule has 5 heteroatoms. The zero-order valence-electron chi connectivity index (χ0n) is 14.4. The lowest BCUT2D eigenvalue weighted by molar-refractivity contribution is 0.174. The molecule has 1 unspecified atom stereocenters. The molecule has 3 rings (SSSR count). The first-order valence-corrected chi connectivity index (χ1v) is 9.37. The molecule has 0 saturated carbocycles. The molecular formula is C17H26N2O2Si. The Kier molecular flexibility index (Phi) is 3.73. The van der Waals surface area contributed by atoms with Crippen molar-refractivity contribution in [2.45, 2.75) is 38.8 Å². The molecule has 1 atom stereocenters. The highest BCUT2D eigenvalue weighted by Crippen LogP contribution is 2.47. The minimum Gasteiger partial charge on any atom is -0.454 e. The third kappa shape index (κ3) is 2.63. The molecule has 1 aromatic rings. The van der Waals surface area contributed by atoms with Gasteiger partial charge in [0.15, 0.2) is 11.5 Å². The third-order valence-electron chi connectivity index (χ3n) is 4.36. The lowest BCUT2D eigenvalue weighted by Crippen LogP contribution is -2.41. The summed E-state index contributed by atoms with van der Waals surface area (Å²) in [5, 5.41) is 0. The number of rotatable bonds is 3. The van der Waals surface area contributed by atoms with Gasteiger partial charge in [-0.2, -0.15) is 0 Å². The van der Waals surface area contributed by atoms with Gasteiger partial charge in [-0.25, -0.2) is 0 Å². The standard InChI is InChI=1S/C17H26N2O2Si/c1-10-15(19(5)6)11-7-13-14(21-9-20-13)8-12(11)16(10)22-18-17(2,3)4/h7-8,16,18H,9,22H2,1-6H3. The number of ether oxygens (including phenoxy) is 2. The molecule has 0 radical (unpaired) electrons. The van der Waals surface area contributed by atoms with Crippen molar-refractivity contribution < 1.29 is 9.47 Å². The maximum absolute atomic E-state index is 5.59. The third-order valence-corrected chi connectivity index (χ3v) is 7.08. The summed E-state index contributed by atoms with van der Waals surface area (Å²) in [5.41, 5.74) is 6.19. The summed E-state index contributed by atoms with van der Waals surface area (Å²) in [6.07, 6.45) is 0. The van der Waals surface area contributed by atoms with E-state index in [2.05, 4.69) is 63.8 Å². The maximum Gasteiger partial charge on any atom is 0.231 e. The molecule has 0 aromatic heterocycles. The van der Waals surface area contributed by atoms with Gasteiger partial charge in [0.05, 0.1) is 0 Å². The first-order valence-electron chi connectivity index (χ1n) is 7.85. The Balaban J connectivity index is 2.02. The Bertz CT molecular complexity index is 632. The Morgan fingerprint density at radius 1 is 1.18 bits per heavy atom. The molecule has 0 amide bonds. The number of allylic oxidation sites excluding steroid dienone is 1. The normalized spacial score (nSPS) is 20.2. The summed E-state index contributed by atoms with van der Waals surface area (Å²) in [4.78, 5) is 6.00. The van der Waals surface area contributed by atoms with E-state index in [1.165, 1.54) is 22.4 Å². The predicted octanol–water partition coefficient (Wildman–Crippen LogP) is 2.23. The maximum atomic E-state index is 5.59. The first kappa shape index (κ1) is 15.4. The lowest BCUT2D eigenvalue weighted by Gasteiger charge is -2.24. The van der Waals surface area contributed by atoms with Crippen molar-refractivity contribution in [2.75, 3.05) is 20.9 Å². The van der Waals surface area contributed by atoms with Crippen LogP contribution in [0.4, 0.5) is 0 Å². The van der Waals surface area contributed by atoms with E-state index in [9.17, 15) is 0 Å². The second kappa shape index (κ2) is 5.32. The van der Waals surface area contributed by atoms with E-state index in [0.717, 1.165) is 11.5 Å². The first-order chi connectivity index (χ1) is 10.3. The van der Waals surface area contributed by atoms with Gasteiger partial charge in [0.2, 0.25) is 6.79 Å². The van der Waals surface area contributed by atoms with Gasteiger partial charge in [0, 0.05) is 36.4 Å². The summed E-state index contributed by atoms with van der Waals surface area (Å²) in [5.74, 6) is 1.76. The van der Waals surface area contributed by atoms with Gasteiger partial charge in [-0.05, 0) is 51.0 Å². The van der Waals surface area contributed by atoms with Crippen LogP contribution in [-0.4, -0.2) is 41.0 Å². The Morgan fingerprint density at radius 2 is 1.82 bits per heavy atom. The second-order valence-electron chi connectivity index (χ2n) is 7.40. The van der Waals surface area contributed by atoms with Crippen molar-refractivity contribution in [3.8, 4) is 11.5 Å². The summed E-state index contributed by atoms with van der Waals surface area (Å²) < 4.78 is 11.2. The van der Waals surface area contributed by atoms with E-state index < -0.39 is 9.68 Å². The number of nitrogens with zero attached hydrogens (tertiary/aromatic N) is 1. The van der Waals surface area contributed by atoms with Crippen LogP contribution in [0.1, 0.15) is 44.4 Å². The summed E-state index contributed by atoms with van der Waals surface area (Å²) in [6.45, 7) is 9.31. The molecule has 1 heterocycles. The van der Waals surface area contributed by atoms with Crippen LogP contribution in [-0.2, 0) is 0 Å². The number of hydrogen-bond acceptors (Lipinski definition) is 4. The van der Waals surface area contributed by atoms with Crippen LogP contribution in [0.2, 0.25) is 0 Å². The average Bonchev–Trinajstić information content (AvgIpc) is 2.93. The largest absolute Gasteiger partial charge is 0.454 e. The highest BCUT2D eigenvalue weighted by molar-refractivity contribution is 6.37. The molecule has 0 spiro atoms. The van der Waals surface area contributed by atoms with Crippen molar-refractivity contribution in [1.29, 1.82) is 0 Å². The molecule has 1 aliphatic carbocycles. The molecule has 4 nitrogen and oxygen atoms in total. The van der Waals surface area contributed by atoms with E-state index in [0.29, 0.717) is 12.3 Å². The van der Waals surface area contributed by atoms with Crippen molar-refractivity contribution in [2.24, 2.45) is 0 Å². The molecule has 0 saturated heterocycles. The zero-order chi connectivity index (χ0) is 16.1. The fraction of sp³-hybridized carbons (Fsp3) is 0.529. The minimum atomic E-state index is -0.483. The van der Waals surface area contributed by atoms with Gasteiger partial charge in [-0.1, -0.05) is 0 Å². The number of benzene rings is 1. The Labute approximate surface area is 135 Å². The smallest absolute Gasteiger partial charge is 0.231 e. The van der Waals surface area contributed by atoms with Gasteiger partial charge >= 0.3 is 0 Å². The van der Waals surface area contributed by atoms with Crippen LogP contribution >= 0.6 is 0 Å². The summed E-state index contributed by atoms with van der Waals surface area (Å²) in [7, 11) is 3.76. The molecule has 22 heavy (non-hydrogen) atoms. The molecular weight excluding hydrogens is 292 g/mol. The Morgan fingerprint density at radius 3 is 2.41 bits per heavy atom. The van der Waals surface area contributed by atoms with Crippen molar-refractivity contribution in [1.82, 2.24) is 9.88 Å². The highest BCUT2D eigenvalue weighted by atomic mass is 28.2. The summed E-state index contributed by atoms with van der Waals surface area (Å²) in [6, 6.07) is 4.35. The number of hydrogen-bond donors (Lipinski definition) is 1. The molecule has 120 valence electrons. The number of nitrogens with one attached hydrogen (secondary N) is 1. The minimum absolute atomic E-state index is 0.171. The van der Waals surface area contributed by atoms with E-state index in [-0.39, 0.29) is 5.54 Å². The second-order valence-corrected chi connectivity index (χ2v) is 8.98. The fourth-order valence-electron chi connectivity index (χ4n) is 3.33. The topological polar surface area (TPSA) is 33.7 Å². The molecule has 1 aliphatic heterocycles. The van der Waals surface area contributed by atoms with Crippen molar-refractivity contribution in [3.63, 3.8) is 0 Å². The van der Waals surface area contributed by atoms with Gasteiger partial charge in [0.25, 0.3) is 0 Å². The number of fused-ring (bicyclic) bond motifs is 2. The van der Waals surface area contributed by atoms with Gasteiger partial charge in [-0.3, -0.25) is 0 Å². The predicted molar refractivity (Wildman–Crippen MR) is 93.0 cm³/mol. The van der Waals surface area contributed by atoms with Crippen LogP contribution in [0.25, 0.3) is 5.70 Å². The van der Waals surface area contributed by atoms with E-state index in [1.54, 1.807) is 0 Å².